The number of ether oxygens (including phenoxy) is 2. The van der Waals surface area contributed by atoms with Crippen LogP contribution >= 0.6 is 0 Å². The van der Waals surface area contributed by atoms with E-state index < -0.39 is 23.0 Å². The van der Waals surface area contributed by atoms with Crippen LogP contribution in [0.15, 0.2) is 12.1 Å². The highest BCUT2D eigenvalue weighted by Gasteiger charge is 2.73. The molecule has 3 N–H and O–H groups in total. The summed E-state index contributed by atoms with van der Waals surface area (Å²) in [4.78, 5) is 14.4. The Hall–Kier alpha value is -1.83. The SMILES string of the molecule is CO[C@@]12CC[C@@H](N[C@@H](CC(C)C)C(=O)O)[C@@H]3Oc4c(O)ccc5c4[C@@]31CCN(C)[C@@H]2C5. The monoisotopic (exact) mass is 430 g/mol. The van der Waals surface area contributed by atoms with E-state index in [0.29, 0.717) is 12.2 Å². The van der Waals surface area contributed by atoms with Crippen molar-refractivity contribution in [1.82, 2.24) is 10.2 Å². The van der Waals surface area contributed by atoms with Gasteiger partial charge in [0.2, 0.25) is 0 Å². The van der Waals surface area contributed by atoms with Crippen LogP contribution in [0, 0.1) is 5.92 Å². The van der Waals surface area contributed by atoms with Crippen LogP contribution in [0.25, 0.3) is 0 Å². The molecule has 6 atom stereocenters. The van der Waals surface area contributed by atoms with Gasteiger partial charge in [0.15, 0.2) is 11.5 Å². The maximum absolute atomic E-state index is 12.0. The molecular weight excluding hydrogens is 396 g/mol. The minimum atomic E-state index is -0.821. The van der Waals surface area contributed by atoms with Crippen LogP contribution in [0.2, 0.25) is 0 Å². The fourth-order valence-electron chi connectivity index (χ4n) is 7.28. The first-order valence-electron chi connectivity index (χ1n) is 11.5. The highest BCUT2D eigenvalue weighted by molar-refractivity contribution is 5.73. The molecule has 4 aliphatic rings. The highest BCUT2D eigenvalue weighted by atomic mass is 16.5. The summed E-state index contributed by atoms with van der Waals surface area (Å²) in [5.74, 6) is 0.198. The summed E-state index contributed by atoms with van der Waals surface area (Å²) >= 11 is 0. The average Bonchev–Trinajstić information content (AvgIpc) is 3.08. The van der Waals surface area contributed by atoms with Gasteiger partial charge in [-0.05, 0) is 63.2 Å². The van der Waals surface area contributed by atoms with E-state index in [1.54, 1.807) is 6.07 Å². The number of hydrogen-bond acceptors (Lipinski definition) is 6. The van der Waals surface area contributed by atoms with Crippen LogP contribution in [0.4, 0.5) is 0 Å². The molecule has 1 spiro atoms. The molecular formula is C24H34N2O5. The lowest BCUT2D eigenvalue weighted by molar-refractivity contribution is -0.204. The second-order valence-electron chi connectivity index (χ2n) is 10.3. The maximum atomic E-state index is 12.0. The quantitative estimate of drug-likeness (QED) is 0.638. The van der Waals surface area contributed by atoms with E-state index in [2.05, 4.69) is 17.3 Å². The number of carbonyl (C=O) groups is 1. The molecule has 2 aliphatic heterocycles. The lowest BCUT2D eigenvalue weighted by atomic mass is 9.48. The van der Waals surface area contributed by atoms with E-state index in [4.69, 9.17) is 9.47 Å². The number of aliphatic carboxylic acids is 1. The molecule has 1 saturated carbocycles. The van der Waals surface area contributed by atoms with Gasteiger partial charge in [0, 0.05) is 24.8 Å². The summed E-state index contributed by atoms with van der Waals surface area (Å²) < 4.78 is 13.0. The number of hydrogen-bond donors (Lipinski definition) is 3. The van der Waals surface area contributed by atoms with Crippen molar-refractivity contribution in [2.24, 2.45) is 5.92 Å². The van der Waals surface area contributed by atoms with Crippen molar-refractivity contribution in [3.8, 4) is 11.5 Å². The summed E-state index contributed by atoms with van der Waals surface area (Å²) in [5, 5.41) is 24.0. The Bertz CT molecular complexity index is 904. The number of nitrogens with zero attached hydrogens (tertiary/aromatic N) is 1. The van der Waals surface area contributed by atoms with Gasteiger partial charge in [-0.1, -0.05) is 19.9 Å². The molecule has 1 aromatic rings. The number of rotatable bonds is 6. The Morgan fingerprint density at radius 3 is 2.84 bits per heavy atom. The summed E-state index contributed by atoms with van der Waals surface area (Å²) in [6.45, 7) is 5.01. The number of methoxy groups -OCH3 is 1. The van der Waals surface area contributed by atoms with Crippen LogP contribution in [0.5, 0.6) is 11.5 Å². The van der Waals surface area contributed by atoms with Crippen LogP contribution < -0.4 is 10.1 Å². The summed E-state index contributed by atoms with van der Waals surface area (Å²) in [6, 6.07) is 3.25. The van der Waals surface area contributed by atoms with Crippen molar-refractivity contribution in [3.05, 3.63) is 23.3 Å². The fourth-order valence-corrected chi connectivity index (χ4v) is 7.28. The first-order chi connectivity index (χ1) is 14.7. The predicted molar refractivity (Wildman–Crippen MR) is 116 cm³/mol. The molecule has 1 saturated heterocycles. The van der Waals surface area contributed by atoms with Gasteiger partial charge in [-0.15, -0.1) is 0 Å². The Balaban J connectivity index is 1.62. The highest BCUT2D eigenvalue weighted by Crippen LogP contribution is 2.66. The zero-order chi connectivity index (χ0) is 22.1. The van der Waals surface area contributed by atoms with E-state index in [-0.39, 0.29) is 29.9 Å². The number of likely N-dealkylation sites (tertiary alicyclic amines) is 1. The molecule has 2 heterocycles. The third-order valence-electron chi connectivity index (χ3n) is 8.47. The lowest BCUT2D eigenvalue weighted by Crippen LogP contribution is -2.78. The number of piperidine rings is 1. The minimum absolute atomic E-state index is 0.120. The van der Waals surface area contributed by atoms with Crippen LogP contribution in [0.3, 0.4) is 0 Å². The number of nitrogens with one attached hydrogen (secondary N) is 1. The van der Waals surface area contributed by atoms with Crippen molar-refractivity contribution >= 4 is 5.97 Å². The molecule has 2 aliphatic carbocycles. The molecule has 7 heteroatoms. The van der Waals surface area contributed by atoms with E-state index in [1.165, 1.54) is 5.56 Å². The van der Waals surface area contributed by atoms with Gasteiger partial charge in [-0.25, -0.2) is 0 Å². The Morgan fingerprint density at radius 2 is 2.16 bits per heavy atom. The van der Waals surface area contributed by atoms with E-state index in [1.807, 2.05) is 27.0 Å². The van der Waals surface area contributed by atoms with Crippen molar-refractivity contribution in [2.75, 3.05) is 20.7 Å². The van der Waals surface area contributed by atoms with Gasteiger partial charge in [-0.3, -0.25) is 10.1 Å². The van der Waals surface area contributed by atoms with Gasteiger partial charge in [0.25, 0.3) is 0 Å². The van der Waals surface area contributed by atoms with Crippen molar-refractivity contribution in [2.45, 2.75) is 81.2 Å². The first-order valence-corrected chi connectivity index (χ1v) is 11.5. The zero-order valence-electron chi connectivity index (χ0n) is 18.9. The Labute approximate surface area is 183 Å². The van der Waals surface area contributed by atoms with Gasteiger partial charge in [-0.2, -0.15) is 0 Å². The number of phenolic OH excluding ortho intramolecular Hbond substituents is 1. The number of benzene rings is 1. The van der Waals surface area contributed by atoms with Gasteiger partial charge >= 0.3 is 5.97 Å². The molecule has 0 unspecified atom stereocenters. The molecule has 31 heavy (non-hydrogen) atoms. The largest absolute Gasteiger partial charge is 0.504 e. The van der Waals surface area contributed by atoms with Crippen LogP contribution in [-0.4, -0.2) is 71.6 Å². The normalized spacial score (nSPS) is 36.7. The number of carboxylic acid groups (broad SMARTS) is 1. The van der Waals surface area contributed by atoms with Gasteiger partial charge in [0.1, 0.15) is 12.1 Å². The third kappa shape index (κ3) is 2.66. The Morgan fingerprint density at radius 1 is 1.39 bits per heavy atom. The minimum Gasteiger partial charge on any atom is -0.504 e. The summed E-state index contributed by atoms with van der Waals surface area (Å²) in [7, 11) is 3.98. The summed E-state index contributed by atoms with van der Waals surface area (Å²) in [6.07, 6.45) is 3.63. The molecule has 170 valence electrons. The molecule has 0 radical (unpaired) electrons. The van der Waals surface area contributed by atoms with Gasteiger partial charge < -0.3 is 24.6 Å². The maximum Gasteiger partial charge on any atom is 0.320 e. The molecule has 2 fully saturated rings. The topological polar surface area (TPSA) is 91.3 Å². The standard InChI is InChI=1S/C24H34N2O5/c1-13(2)11-16(22(28)29)25-15-7-8-24(30-4)18-12-14-5-6-17(27)20-19(14)23(24,21(15)31-20)9-10-26(18)3/h5-6,13,15-16,18,21,25,27H,7-12H2,1-4H3,(H,28,29)/t15-,16+,18-,21+,23+,24-/m1/s1. The van der Waals surface area contributed by atoms with E-state index >= 15 is 0 Å². The molecule has 7 nitrogen and oxygen atoms in total. The van der Waals surface area contributed by atoms with Crippen molar-refractivity contribution in [3.63, 3.8) is 0 Å². The second kappa shape index (κ2) is 7.09. The van der Waals surface area contributed by atoms with Gasteiger partial charge in [0.05, 0.1) is 11.0 Å². The smallest absolute Gasteiger partial charge is 0.320 e. The third-order valence-corrected chi connectivity index (χ3v) is 8.47. The molecule has 1 aromatic carbocycles. The lowest BCUT2D eigenvalue weighted by Gasteiger charge is -2.65. The van der Waals surface area contributed by atoms with Crippen molar-refractivity contribution < 1.29 is 24.5 Å². The number of phenols is 1. The molecule has 0 aromatic heterocycles. The van der Waals surface area contributed by atoms with E-state index in [0.717, 1.165) is 37.8 Å². The van der Waals surface area contributed by atoms with Crippen molar-refractivity contribution in [1.29, 1.82) is 0 Å². The number of carboxylic acids is 1. The fraction of sp³-hybridized carbons (Fsp3) is 0.708. The number of likely N-dealkylation sites (N-methyl/N-ethyl adjacent to an activating group) is 1. The Kier molecular flexibility index (Phi) is 4.81. The molecule has 0 amide bonds. The zero-order valence-corrected chi connectivity index (χ0v) is 18.9. The summed E-state index contributed by atoms with van der Waals surface area (Å²) in [5.41, 5.74) is 1.52. The van der Waals surface area contributed by atoms with E-state index in [9.17, 15) is 15.0 Å². The first kappa shape index (κ1) is 21.0. The second-order valence-corrected chi connectivity index (χ2v) is 10.3. The number of aromatic hydroxyl groups is 1. The average molecular weight is 431 g/mol. The molecule has 5 rings (SSSR count). The predicted octanol–water partition coefficient (Wildman–Crippen LogP) is 2.29. The van der Waals surface area contributed by atoms with Crippen LogP contribution in [-0.2, 0) is 21.4 Å². The molecule has 2 bridgehead atoms. The van der Waals surface area contributed by atoms with Crippen LogP contribution in [0.1, 0.15) is 50.7 Å².